The second-order valence-corrected chi connectivity index (χ2v) is 7.33. The Bertz CT molecular complexity index is 820. The van der Waals surface area contributed by atoms with Crippen molar-refractivity contribution in [3.05, 3.63) is 51.0 Å². The molecule has 0 saturated heterocycles. The average Bonchev–Trinajstić information content (AvgIpc) is 2.52. The molecule has 0 aromatic heterocycles. The molecular weight excluding hydrogens is 370 g/mol. The van der Waals surface area contributed by atoms with Crippen molar-refractivity contribution in [3.8, 4) is 17.9 Å². The zero-order valence-electron chi connectivity index (χ0n) is 14.0. The van der Waals surface area contributed by atoms with E-state index >= 15 is 0 Å². The Morgan fingerprint density at radius 2 is 1.83 bits per heavy atom. The summed E-state index contributed by atoms with van der Waals surface area (Å²) in [5.41, 5.74) is 6.81. The maximum Gasteiger partial charge on any atom is 0.205 e. The summed E-state index contributed by atoms with van der Waals surface area (Å²) in [6.45, 7) is 5.79. The van der Waals surface area contributed by atoms with Gasteiger partial charge in [-0.15, -0.1) is 0 Å². The first-order chi connectivity index (χ1) is 11.2. The van der Waals surface area contributed by atoms with E-state index in [-0.39, 0.29) is 11.5 Å². The number of ether oxygens (including phenoxy) is 2. The minimum absolute atomic E-state index is 0.0217. The van der Waals surface area contributed by atoms with Crippen LogP contribution in [0.5, 0.6) is 5.75 Å². The predicted octanol–water partition coefficient (Wildman–Crippen LogP) is 4.09. The van der Waals surface area contributed by atoms with Crippen LogP contribution in [0, 0.1) is 28.1 Å². The van der Waals surface area contributed by atoms with Gasteiger partial charge in [-0.2, -0.15) is 10.5 Å². The van der Waals surface area contributed by atoms with Crippen molar-refractivity contribution in [2.75, 3.05) is 7.11 Å². The Morgan fingerprint density at radius 3 is 2.33 bits per heavy atom. The number of allylic oxidation sites excluding steroid dienone is 3. The molecule has 0 fully saturated rings. The van der Waals surface area contributed by atoms with Crippen molar-refractivity contribution in [2.24, 2.45) is 11.1 Å². The molecule has 6 heteroatoms. The monoisotopic (exact) mass is 387 g/mol. The van der Waals surface area contributed by atoms with Gasteiger partial charge in [0.2, 0.25) is 5.88 Å². The van der Waals surface area contributed by atoms with Crippen molar-refractivity contribution in [1.29, 1.82) is 10.5 Å². The van der Waals surface area contributed by atoms with Gasteiger partial charge in [0.15, 0.2) is 0 Å². The second-order valence-electron chi connectivity index (χ2n) is 6.42. The topological polar surface area (TPSA) is 92.1 Å². The highest BCUT2D eigenvalue weighted by Gasteiger charge is 2.38. The third kappa shape index (κ3) is 3.11. The van der Waals surface area contributed by atoms with Crippen molar-refractivity contribution >= 4 is 15.9 Å². The lowest BCUT2D eigenvalue weighted by Crippen LogP contribution is -2.26. The number of nitriles is 2. The maximum atomic E-state index is 9.78. The van der Waals surface area contributed by atoms with Gasteiger partial charge in [-0.25, -0.2) is 0 Å². The van der Waals surface area contributed by atoms with Crippen LogP contribution in [0.15, 0.2) is 45.5 Å². The lowest BCUT2D eigenvalue weighted by atomic mass is 9.78. The molecule has 1 aliphatic rings. The van der Waals surface area contributed by atoms with E-state index in [1.807, 2.05) is 32.9 Å². The Hall–Kier alpha value is -2.44. The van der Waals surface area contributed by atoms with Gasteiger partial charge in [-0.1, -0.05) is 36.7 Å². The SMILES string of the molecule is COc1ccc(Br)cc1C1C(C#N)=C(N)OC(C(C)(C)C)=C1C#N. The van der Waals surface area contributed by atoms with Gasteiger partial charge < -0.3 is 15.2 Å². The van der Waals surface area contributed by atoms with Gasteiger partial charge in [0.25, 0.3) is 0 Å². The molecule has 24 heavy (non-hydrogen) atoms. The van der Waals surface area contributed by atoms with E-state index in [0.29, 0.717) is 22.6 Å². The van der Waals surface area contributed by atoms with E-state index in [4.69, 9.17) is 15.2 Å². The summed E-state index contributed by atoms with van der Waals surface area (Å²) in [4.78, 5) is 0. The van der Waals surface area contributed by atoms with Crippen LogP contribution in [0.1, 0.15) is 32.3 Å². The largest absolute Gasteiger partial charge is 0.496 e. The van der Waals surface area contributed by atoms with Gasteiger partial charge in [0.1, 0.15) is 23.2 Å². The van der Waals surface area contributed by atoms with E-state index < -0.39 is 11.3 Å². The molecule has 0 spiro atoms. The summed E-state index contributed by atoms with van der Waals surface area (Å²) in [7, 11) is 1.55. The van der Waals surface area contributed by atoms with Crippen LogP contribution in [0.25, 0.3) is 0 Å². The molecule has 0 amide bonds. The molecule has 1 atom stereocenters. The summed E-state index contributed by atoms with van der Waals surface area (Å²) in [5, 5.41) is 19.4. The molecule has 0 bridgehead atoms. The second kappa shape index (κ2) is 6.59. The Balaban J connectivity index is 2.82. The zero-order valence-corrected chi connectivity index (χ0v) is 15.6. The summed E-state index contributed by atoms with van der Waals surface area (Å²) in [5.74, 6) is 0.434. The normalized spacial score (nSPS) is 17.9. The van der Waals surface area contributed by atoms with E-state index in [9.17, 15) is 10.5 Å². The van der Waals surface area contributed by atoms with Crippen molar-refractivity contribution in [3.63, 3.8) is 0 Å². The highest BCUT2D eigenvalue weighted by Crippen LogP contribution is 2.46. The highest BCUT2D eigenvalue weighted by molar-refractivity contribution is 9.10. The lowest BCUT2D eigenvalue weighted by Gasteiger charge is -2.32. The van der Waals surface area contributed by atoms with Crippen LogP contribution in [0.4, 0.5) is 0 Å². The zero-order chi connectivity index (χ0) is 18.1. The summed E-state index contributed by atoms with van der Waals surface area (Å²) < 4.78 is 11.9. The number of hydrogen-bond acceptors (Lipinski definition) is 5. The number of halogens is 1. The number of hydrogen-bond donors (Lipinski definition) is 1. The van der Waals surface area contributed by atoms with E-state index in [1.54, 1.807) is 13.2 Å². The van der Waals surface area contributed by atoms with E-state index in [0.717, 1.165) is 4.47 Å². The standard InChI is InChI=1S/C18H18BrN3O2/c1-18(2,3)16-12(8-20)15(13(9-21)17(22)24-16)11-7-10(19)5-6-14(11)23-4/h5-7,15H,22H2,1-4H3. The fourth-order valence-electron chi connectivity index (χ4n) is 2.67. The first-order valence-electron chi connectivity index (χ1n) is 7.30. The lowest BCUT2D eigenvalue weighted by molar-refractivity contribution is 0.199. The molecule has 0 aliphatic carbocycles. The van der Waals surface area contributed by atoms with Crippen LogP contribution >= 0.6 is 15.9 Å². The summed E-state index contributed by atoms with van der Waals surface area (Å²) in [6, 6.07) is 9.74. The molecule has 1 aromatic carbocycles. The Labute approximate surface area is 150 Å². The van der Waals surface area contributed by atoms with Gasteiger partial charge in [-0.3, -0.25) is 0 Å². The molecule has 2 rings (SSSR count). The van der Waals surface area contributed by atoms with E-state index in [1.165, 1.54) is 0 Å². The smallest absolute Gasteiger partial charge is 0.205 e. The average molecular weight is 388 g/mol. The molecule has 1 heterocycles. The fraction of sp³-hybridized carbons (Fsp3) is 0.333. The predicted molar refractivity (Wildman–Crippen MR) is 93.4 cm³/mol. The minimum atomic E-state index is -0.629. The quantitative estimate of drug-likeness (QED) is 0.824. The molecule has 1 unspecified atom stereocenters. The molecule has 124 valence electrons. The van der Waals surface area contributed by atoms with Gasteiger partial charge in [0, 0.05) is 15.5 Å². The van der Waals surface area contributed by atoms with Crippen molar-refractivity contribution in [2.45, 2.75) is 26.7 Å². The van der Waals surface area contributed by atoms with Crippen LogP contribution in [0.3, 0.4) is 0 Å². The van der Waals surface area contributed by atoms with E-state index in [2.05, 4.69) is 28.1 Å². The van der Waals surface area contributed by atoms with Crippen LogP contribution < -0.4 is 10.5 Å². The molecule has 1 aliphatic heterocycles. The minimum Gasteiger partial charge on any atom is -0.496 e. The molecule has 2 N–H and O–H groups in total. The molecule has 5 nitrogen and oxygen atoms in total. The number of nitrogens with zero attached hydrogens (tertiary/aromatic N) is 2. The molecule has 0 saturated carbocycles. The van der Waals surface area contributed by atoms with Crippen molar-refractivity contribution < 1.29 is 9.47 Å². The van der Waals surface area contributed by atoms with Crippen molar-refractivity contribution in [1.82, 2.24) is 0 Å². The first kappa shape index (κ1) is 17.9. The third-order valence-corrected chi connectivity index (χ3v) is 4.22. The first-order valence-corrected chi connectivity index (χ1v) is 8.09. The molecular formula is C18H18BrN3O2. The van der Waals surface area contributed by atoms with Crippen LogP contribution in [0.2, 0.25) is 0 Å². The highest BCUT2D eigenvalue weighted by atomic mass is 79.9. The fourth-order valence-corrected chi connectivity index (χ4v) is 3.05. The number of nitrogens with two attached hydrogens (primary N) is 1. The number of methoxy groups -OCH3 is 1. The number of rotatable bonds is 2. The van der Waals surface area contributed by atoms with Gasteiger partial charge in [0.05, 0.1) is 24.7 Å². The third-order valence-electron chi connectivity index (χ3n) is 3.72. The summed E-state index contributed by atoms with van der Waals surface area (Å²) in [6.07, 6.45) is 0. The number of benzene rings is 1. The Morgan fingerprint density at radius 1 is 1.21 bits per heavy atom. The van der Waals surface area contributed by atoms with Gasteiger partial charge in [-0.05, 0) is 18.2 Å². The molecule has 0 radical (unpaired) electrons. The maximum absolute atomic E-state index is 9.78. The van der Waals surface area contributed by atoms with Gasteiger partial charge >= 0.3 is 0 Å². The Kier molecular flexibility index (Phi) is 4.91. The molecule has 1 aromatic rings. The summed E-state index contributed by atoms with van der Waals surface area (Å²) >= 11 is 3.43. The van der Waals surface area contributed by atoms with Crippen LogP contribution in [-0.2, 0) is 4.74 Å². The van der Waals surface area contributed by atoms with Crippen LogP contribution in [-0.4, -0.2) is 7.11 Å².